The number of aryl methyl sites for hydroxylation is 1. The molecule has 0 unspecified atom stereocenters. The Morgan fingerprint density at radius 2 is 1.96 bits per heavy atom. The summed E-state index contributed by atoms with van der Waals surface area (Å²) in [7, 11) is 1.79. The normalized spacial score (nSPS) is 11.0. The van der Waals surface area contributed by atoms with E-state index < -0.39 is 0 Å². The number of halogens is 1. The van der Waals surface area contributed by atoms with E-state index in [0.717, 1.165) is 44.0 Å². The van der Waals surface area contributed by atoms with Crippen LogP contribution in [0.2, 0.25) is 0 Å². The lowest BCUT2D eigenvalue weighted by Gasteiger charge is -2.11. The van der Waals surface area contributed by atoms with Gasteiger partial charge in [-0.1, -0.05) is 13.0 Å². The quantitative estimate of drug-likeness (QED) is 0.391. The Balaban J connectivity index is 0.00000264. The van der Waals surface area contributed by atoms with Crippen molar-refractivity contribution >= 4 is 41.3 Å². The first kappa shape index (κ1) is 19.8. The molecule has 0 atom stereocenters. The Labute approximate surface area is 159 Å². The second-order valence-electron chi connectivity index (χ2n) is 4.82. The van der Waals surface area contributed by atoms with Crippen LogP contribution < -0.4 is 10.6 Å². The third-order valence-corrected chi connectivity index (χ3v) is 4.41. The van der Waals surface area contributed by atoms with Gasteiger partial charge in [-0.15, -0.1) is 35.3 Å². The van der Waals surface area contributed by atoms with E-state index in [0.29, 0.717) is 0 Å². The van der Waals surface area contributed by atoms with Gasteiger partial charge in [0, 0.05) is 55.9 Å². The number of rotatable bonds is 7. The van der Waals surface area contributed by atoms with Gasteiger partial charge in [0.2, 0.25) is 0 Å². The summed E-state index contributed by atoms with van der Waals surface area (Å²) in [6.07, 6.45) is 6.66. The molecule has 0 aliphatic rings. The van der Waals surface area contributed by atoms with Crippen molar-refractivity contribution in [2.45, 2.75) is 26.2 Å². The molecule has 5 nitrogen and oxygen atoms in total. The molecule has 0 saturated heterocycles. The minimum Gasteiger partial charge on any atom is -0.356 e. The van der Waals surface area contributed by atoms with E-state index in [9.17, 15) is 0 Å². The number of aliphatic imine (C=N–C) groups is 1. The summed E-state index contributed by atoms with van der Waals surface area (Å²) in [6, 6.07) is 5.97. The van der Waals surface area contributed by atoms with E-state index in [2.05, 4.69) is 32.5 Å². The lowest BCUT2D eigenvalue weighted by atomic mass is 10.3. The Bertz CT molecular complexity index is 585. The molecule has 0 aromatic carbocycles. The molecular formula is C16H24IN5S. The lowest BCUT2D eigenvalue weighted by Crippen LogP contribution is -2.39. The summed E-state index contributed by atoms with van der Waals surface area (Å²) in [6.45, 7) is 3.80. The minimum absolute atomic E-state index is 0. The van der Waals surface area contributed by atoms with Crippen LogP contribution in [-0.2, 0) is 19.3 Å². The molecule has 0 fully saturated rings. The standard InChI is InChI=1S/C16H23N5S.HI/c1-3-14-12-21-15(22-14)8-11-20-16(17-2)19-10-7-13-6-4-5-9-18-13;/h4-6,9,12H,3,7-8,10-11H2,1-2H3,(H2,17,19,20);1H. The van der Waals surface area contributed by atoms with Crippen LogP contribution in [0.3, 0.4) is 0 Å². The van der Waals surface area contributed by atoms with Gasteiger partial charge in [0.1, 0.15) is 0 Å². The predicted octanol–water partition coefficient (Wildman–Crippen LogP) is 2.67. The topological polar surface area (TPSA) is 62.2 Å². The number of nitrogens with zero attached hydrogens (tertiary/aromatic N) is 3. The van der Waals surface area contributed by atoms with Crippen LogP contribution in [0.4, 0.5) is 0 Å². The number of thiazole rings is 1. The van der Waals surface area contributed by atoms with Crippen LogP contribution in [-0.4, -0.2) is 36.1 Å². The average Bonchev–Trinajstić information content (AvgIpc) is 3.02. The van der Waals surface area contributed by atoms with Gasteiger partial charge in [-0.2, -0.15) is 0 Å². The van der Waals surface area contributed by atoms with Crippen molar-refractivity contribution in [3.05, 3.63) is 46.2 Å². The maximum atomic E-state index is 4.42. The van der Waals surface area contributed by atoms with Gasteiger partial charge in [-0.3, -0.25) is 9.98 Å². The summed E-state index contributed by atoms with van der Waals surface area (Å²) in [4.78, 5) is 14.3. The zero-order valence-electron chi connectivity index (χ0n) is 13.6. The number of pyridine rings is 1. The third kappa shape index (κ3) is 7.26. The minimum atomic E-state index is 0. The fourth-order valence-corrected chi connectivity index (χ4v) is 2.85. The highest BCUT2D eigenvalue weighted by Gasteiger charge is 2.02. The lowest BCUT2D eigenvalue weighted by molar-refractivity contribution is 0.774. The molecule has 7 heteroatoms. The molecule has 0 aliphatic heterocycles. The highest BCUT2D eigenvalue weighted by molar-refractivity contribution is 14.0. The van der Waals surface area contributed by atoms with E-state index in [1.165, 1.54) is 9.88 Å². The van der Waals surface area contributed by atoms with Gasteiger partial charge in [-0.05, 0) is 18.6 Å². The van der Waals surface area contributed by atoms with Gasteiger partial charge in [-0.25, -0.2) is 4.98 Å². The second kappa shape index (κ2) is 11.3. The van der Waals surface area contributed by atoms with Crippen LogP contribution in [0.1, 0.15) is 22.5 Å². The van der Waals surface area contributed by atoms with E-state index >= 15 is 0 Å². The summed E-state index contributed by atoms with van der Waals surface area (Å²) < 4.78 is 0. The van der Waals surface area contributed by atoms with Crippen molar-refractivity contribution < 1.29 is 0 Å². The molecule has 126 valence electrons. The first-order valence-corrected chi connectivity index (χ1v) is 8.41. The third-order valence-electron chi connectivity index (χ3n) is 3.20. The smallest absolute Gasteiger partial charge is 0.191 e. The number of hydrogen-bond donors (Lipinski definition) is 2. The first-order valence-electron chi connectivity index (χ1n) is 7.59. The summed E-state index contributed by atoms with van der Waals surface area (Å²) in [5.74, 6) is 0.822. The van der Waals surface area contributed by atoms with Crippen LogP contribution in [0.25, 0.3) is 0 Å². The molecule has 2 aromatic heterocycles. The van der Waals surface area contributed by atoms with Gasteiger partial charge < -0.3 is 10.6 Å². The van der Waals surface area contributed by atoms with Gasteiger partial charge in [0.15, 0.2) is 5.96 Å². The molecule has 0 radical (unpaired) electrons. The molecule has 2 heterocycles. The van der Waals surface area contributed by atoms with Crippen LogP contribution in [0.5, 0.6) is 0 Å². The SMILES string of the molecule is CCc1cnc(CCNC(=NC)NCCc2ccccn2)s1.I. The summed E-state index contributed by atoms with van der Waals surface area (Å²) >= 11 is 1.79. The fraction of sp³-hybridized carbons (Fsp3) is 0.438. The molecule has 2 N–H and O–H groups in total. The van der Waals surface area contributed by atoms with E-state index in [4.69, 9.17) is 0 Å². The van der Waals surface area contributed by atoms with Crippen molar-refractivity contribution in [2.75, 3.05) is 20.1 Å². The number of nitrogens with one attached hydrogen (secondary N) is 2. The molecule has 23 heavy (non-hydrogen) atoms. The van der Waals surface area contributed by atoms with Crippen LogP contribution >= 0.6 is 35.3 Å². The molecule has 0 spiro atoms. The number of aromatic nitrogens is 2. The van der Waals surface area contributed by atoms with Crippen LogP contribution in [0, 0.1) is 0 Å². The molecule has 0 saturated carbocycles. The average molecular weight is 445 g/mol. The molecule has 0 bridgehead atoms. The predicted molar refractivity (Wildman–Crippen MR) is 108 cm³/mol. The van der Waals surface area contributed by atoms with Crippen molar-refractivity contribution in [1.82, 2.24) is 20.6 Å². The highest BCUT2D eigenvalue weighted by Crippen LogP contribution is 2.13. The number of guanidine groups is 1. The molecular weight excluding hydrogens is 421 g/mol. The highest BCUT2D eigenvalue weighted by atomic mass is 127. The summed E-state index contributed by atoms with van der Waals surface area (Å²) in [5.41, 5.74) is 1.08. The molecule has 2 rings (SSSR count). The Morgan fingerprint density at radius 3 is 2.57 bits per heavy atom. The second-order valence-corrected chi connectivity index (χ2v) is 6.02. The van der Waals surface area contributed by atoms with Crippen molar-refractivity contribution in [3.8, 4) is 0 Å². The molecule has 0 amide bonds. The summed E-state index contributed by atoms with van der Waals surface area (Å²) in [5, 5.41) is 7.79. The van der Waals surface area contributed by atoms with Crippen molar-refractivity contribution in [3.63, 3.8) is 0 Å². The van der Waals surface area contributed by atoms with Gasteiger partial charge in [0.05, 0.1) is 5.01 Å². The monoisotopic (exact) mass is 445 g/mol. The molecule has 2 aromatic rings. The Morgan fingerprint density at radius 1 is 1.17 bits per heavy atom. The number of hydrogen-bond acceptors (Lipinski definition) is 4. The maximum Gasteiger partial charge on any atom is 0.191 e. The van der Waals surface area contributed by atoms with Crippen molar-refractivity contribution in [1.29, 1.82) is 0 Å². The first-order chi connectivity index (χ1) is 10.8. The van der Waals surface area contributed by atoms with Gasteiger partial charge >= 0.3 is 0 Å². The Hall–Kier alpha value is -1.22. The van der Waals surface area contributed by atoms with E-state index in [1.807, 2.05) is 30.6 Å². The fourth-order valence-electron chi connectivity index (χ4n) is 1.99. The Kier molecular flexibility index (Phi) is 9.77. The van der Waals surface area contributed by atoms with E-state index in [-0.39, 0.29) is 24.0 Å². The maximum absolute atomic E-state index is 4.42. The zero-order chi connectivity index (χ0) is 15.6. The van der Waals surface area contributed by atoms with Gasteiger partial charge in [0.25, 0.3) is 0 Å². The zero-order valence-corrected chi connectivity index (χ0v) is 16.7. The van der Waals surface area contributed by atoms with Crippen molar-refractivity contribution in [2.24, 2.45) is 4.99 Å². The van der Waals surface area contributed by atoms with Crippen LogP contribution in [0.15, 0.2) is 35.6 Å². The molecule has 0 aliphatic carbocycles. The van der Waals surface area contributed by atoms with E-state index in [1.54, 1.807) is 18.4 Å². The largest absolute Gasteiger partial charge is 0.356 e.